The molecule has 0 amide bonds. The van der Waals surface area contributed by atoms with Gasteiger partial charge in [0.25, 0.3) is 0 Å². The SMILES string of the molecule is CC1CC=CC=C1n1c2ccccc2c2cc(N(c3ccccc3)c3nc(N(c4ccccc4)c4ccc5c(c4)c4ccccc4n5-c4ccccc4)nc(N(c4ccccc4)c4ccc5c(c4)c4ccccc4n5-c4ccccc4)n3)ccc21. The number of benzene rings is 11. The standard InChI is InChI=1S/C76H55N9/c1-52-25-17-21-39-67(52)85-70-42-24-20-38-63(70)66-51-60(45-48-73(66)85)82(55-30-11-4-12-31-55)76-78-74(80(53-26-7-2-8-27-53)58-43-46-71-64(49-58)61-36-18-22-40-68(61)83(71)56-32-13-5-14-33-56)77-75(79-76)81(54-28-9-3-10-29-54)59-44-47-72-65(50-59)62-37-19-23-41-69(62)84(72)57-34-15-6-16-35-57/h2-24,26-52H,25H2,1H3. The minimum Gasteiger partial charge on any atom is -0.313 e. The van der Waals surface area contributed by atoms with Crippen molar-refractivity contribution < 1.29 is 0 Å². The molecule has 1 unspecified atom stereocenters. The predicted octanol–water partition coefficient (Wildman–Crippen LogP) is 20.0. The molecule has 0 spiro atoms. The summed E-state index contributed by atoms with van der Waals surface area (Å²) in [6.07, 6.45) is 7.71. The monoisotopic (exact) mass is 1090 g/mol. The summed E-state index contributed by atoms with van der Waals surface area (Å²) in [4.78, 5) is 23.7. The molecular formula is C76H55N9. The average Bonchev–Trinajstić information content (AvgIpc) is 2.35. The van der Waals surface area contributed by atoms with Gasteiger partial charge in [-0.15, -0.1) is 0 Å². The number of para-hydroxylation sites is 8. The Balaban J connectivity index is 0.969. The molecule has 0 aliphatic heterocycles. The number of allylic oxidation sites excluding steroid dienone is 4. The van der Waals surface area contributed by atoms with Crippen molar-refractivity contribution in [2.45, 2.75) is 13.3 Å². The van der Waals surface area contributed by atoms with E-state index in [0.717, 1.165) is 106 Å². The molecule has 4 aromatic heterocycles. The number of nitrogens with zero attached hydrogens (tertiary/aromatic N) is 9. The van der Waals surface area contributed by atoms with Crippen LogP contribution in [-0.2, 0) is 0 Å². The predicted molar refractivity (Wildman–Crippen MR) is 353 cm³/mol. The van der Waals surface area contributed by atoms with Gasteiger partial charge in [0.2, 0.25) is 17.8 Å². The lowest BCUT2D eigenvalue weighted by molar-refractivity contribution is 0.725. The van der Waals surface area contributed by atoms with Gasteiger partial charge in [-0.1, -0.05) is 165 Å². The van der Waals surface area contributed by atoms with Crippen LogP contribution in [0, 0.1) is 5.92 Å². The van der Waals surface area contributed by atoms with E-state index in [1.807, 2.05) is 0 Å². The summed E-state index contributed by atoms with van der Waals surface area (Å²) in [6, 6.07) is 98.9. The first kappa shape index (κ1) is 49.5. The second-order valence-electron chi connectivity index (χ2n) is 21.7. The molecule has 1 aliphatic rings. The molecule has 0 radical (unpaired) electrons. The molecule has 404 valence electrons. The van der Waals surface area contributed by atoms with E-state index in [2.05, 4.69) is 333 Å². The average molecular weight is 1090 g/mol. The third kappa shape index (κ3) is 8.43. The zero-order chi connectivity index (χ0) is 56.4. The van der Waals surface area contributed by atoms with Gasteiger partial charge in [0.15, 0.2) is 0 Å². The molecule has 9 nitrogen and oxygen atoms in total. The van der Waals surface area contributed by atoms with Crippen LogP contribution in [0.15, 0.2) is 297 Å². The quantitative estimate of drug-likeness (QED) is 0.121. The van der Waals surface area contributed by atoms with Crippen molar-refractivity contribution in [3.8, 4) is 11.4 Å². The lowest BCUT2D eigenvalue weighted by Crippen LogP contribution is -2.22. The number of anilines is 9. The Morgan fingerprint density at radius 3 is 0.976 bits per heavy atom. The van der Waals surface area contributed by atoms with Crippen molar-refractivity contribution in [3.63, 3.8) is 0 Å². The Bertz CT molecular complexity index is 4850. The minimum atomic E-state index is 0.345. The Kier molecular flexibility index (Phi) is 12.0. The van der Waals surface area contributed by atoms with Crippen LogP contribution in [0.3, 0.4) is 0 Å². The third-order valence-electron chi connectivity index (χ3n) is 16.7. The van der Waals surface area contributed by atoms with Gasteiger partial charge in [-0.3, -0.25) is 14.7 Å². The maximum atomic E-state index is 5.74. The first-order valence-corrected chi connectivity index (χ1v) is 29.0. The minimum absolute atomic E-state index is 0.345. The number of aromatic nitrogens is 6. The topological polar surface area (TPSA) is 63.2 Å². The molecular weight excluding hydrogens is 1040 g/mol. The van der Waals surface area contributed by atoms with Crippen LogP contribution in [0.5, 0.6) is 0 Å². The summed E-state index contributed by atoms with van der Waals surface area (Å²) in [6.45, 7) is 2.32. The zero-order valence-electron chi connectivity index (χ0n) is 46.6. The highest BCUT2D eigenvalue weighted by atomic mass is 15.4. The number of rotatable bonds is 12. The molecule has 0 fully saturated rings. The summed E-state index contributed by atoms with van der Waals surface area (Å²) in [5.41, 5.74) is 15.6. The zero-order valence-corrected chi connectivity index (χ0v) is 46.6. The normalized spacial score (nSPS) is 13.3. The van der Waals surface area contributed by atoms with Crippen molar-refractivity contribution in [1.29, 1.82) is 0 Å². The first-order chi connectivity index (χ1) is 42.1. The fourth-order valence-corrected chi connectivity index (χ4v) is 12.8. The van der Waals surface area contributed by atoms with Crippen LogP contribution in [0.1, 0.15) is 13.3 Å². The second kappa shape index (κ2) is 20.6. The molecule has 9 heteroatoms. The maximum absolute atomic E-state index is 5.74. The number of fused-ring (bicyclic) bond motifs is 9. The molecule has 0 bridgehead atoms. The number of hydrogen-bond donors (Lipinski definition) is 0. The van der Waals surface area contributed by atoms with Crippen LogP contribution in [0.4, 0.5) is 52.0 Å². The van der Waals surface area contributed by atoms with Crippen molar-refractivity contribution in [2.24, 2.45) is 5.92 Å². The Morgan fingerprint density at radius 2 is 0.612 bits per heavy atom. The van der Waals surface area contributed by atoms with E-state index in [1.54, 1.807) is 0 Å². The number of hydrogen-bond acceptors (Lipinski definition) is 6. The highest BCUT2D eigenvalue weighted by molar-refractivity contribution is 6.13. The molecule has 1 atom stereocenters. The molecule has 1 aliphatic carbocycles. The van der Waals surface area contributed by atoms with E-state index < -0.39 is 0 Å². The van der Waals surface area contributed by atoms with E-state index in [0.29, 0.717) is 23.8 Å². The van der Waals surface area contributed by atoms with Gasteiger partial charge in [-0.05, 0) is 146 Å². The van der Waals surface area contributed by atoms with Gasteiger partial charge in [0, 0.05) is 89.4 Å². The van der Waals surface area contributed by atoms with Crippen molar-refractivity contribution in [3.05, 3.63) is 297 Å². The van der Waals surface area contributed by atoms with Crippen molar-refractivity contribution >= 4 is 123 Å². The highest BCUT2D eigenvalue weighted by Crippen LogP contribution is 2.46. The van der Waals surface area contributed by atoms with Crippen LogP contribution in [-0.4, -0.2) is 28.7 Å². The van der Waals surface area contributed by atoms with Crippen LogP contribution >= 0.6 is 0 Å². The fraction of sp³-hybridized carbons (Fsp3) is 0.0395. The molecule has 0 N–H and O–H groups in total. The van der Waals surface area contributed by atoms with Gasteiger partial charge >= 0.3 is 0 Å². The summed E-state index contributed by atoms with van der Waals surface area (Å²) in [5, 5.41) is 6.80. The summed E-state index contributed by atoms with van der Waals surface area (Å²) < 4.78 is 7.15. The van der Waals surface area contributed by atoms with Gasteiger partial charge < -0.3 is 13.7 Å². The molecule has 15 aromatic rings. The van der Waals surface area contributed by atoms with E-state index in [1.165, 1.54) is 16.6 Å². The highest BCUT2D eigenvalue weighted by Gasteiger charge is 2.29. The van der Waals surface area contributed by atoms with Crippen LogP contribution in [0.2, 0.25) is 0 Å². The Morgan fingerprint density at radius 1 is 0.306 bits per heavy atom. The van der Waals surface area contributed by atoms with Crippen LogP contribution < -0.4 is 14.7 Å². The molecule has 4 heterocycles. The Hall–Kier alpha value is -11.3. The smallest absolute Gasteiger partial charge is 0.241 e. The summed E-state index contributed by atoms with van der Waals surface area (Å²) in [5.74, 6) is 1.65. The van der Waals surface area contributed by atoms with E-state index in [-0.39, 0.29) is 0 Å². The third-order valence-corrected chi connectivity index (χ3v) is 16.7. The lowest BCUT2D eigenvalue weighted by atomic mass is 9.98. The van der Waals surface area contributed by atoms with Gasteiger partial charge in [-0.25, -0.2) is 0 Å². The molecule has 0 saturated carbocycles. The van der Waals surface area contributed by atoms with Gasteiger partial charge in [-0.2, -0.15) is 15.0 Å². The van der Waals surface area contributed by atoms with E-state index in [9.17, 15) is 0 Å². The summed E-state index contributed by atoms with van der Waals surface area (Å²) in [7, 11) is 0. The second-order valence-corrected chi connectivity index (χ2v) is 21.7. The molecule has 0 saturated heterocycles. The van der Waals surface area contributed by atoms with Gasteiger partial charge in [0.05, 0.1) is 33.1 Å². The molecule has 16 rings (SSSR count). The van der Waals surface area contributed by atoms with Crippen molar-refractivity contribution in [1.82, 2.24) is 28.7 Å². The maximum Gasteiger partial charge on any atom is 0.241 e. The van der Waals surface area contributed by atoms with Crippen LogP contribution in [0.25, 0.3) is 82.5 Å². The van der Waals surface area contributed by atoms with E-state index >= 15 is 0 Å². The lowest BCUT2D eigenvalue weighted by Gasteiger charge is -2.30. The largest absolute Gasteiger partial charge is 0.313 e. The van der Waals surface area contributed by atoms with E-state index in [4.69, 9.17) is 15.0 Å². The summed E-state index contributed by atoms with van der Waals surface area (Å²) >= 11 is 0. The van der Waals surface area contributed by atoms with Crippen molar-refractivity contribution in [2.75, 3.05) is 14.7 Å². The van der Waals surface area contributed by atoms with Gasteiger partial charge in [0.1, 0.15) is 0 Å². The fourth-order valence-electron chi connectivity index (χ4n) is 12.8. The Labute approximate surface area is 491 Å². The molecule has 85 heavy (non-hydrogen) atoms. The molecule has 11 aromatic carbocycles. The first-order valence-electron chi connectivity index (χ1n) is 29.0.